The minimum absolute atomic E-state index is 0.242. The number of phenols is 2. The van der Waals surface area contributed by atoms with Crippen molar-refractivity contribution >= 4 is 0 Å². The van der Waals surface area contributed by atoms with Crippen molar-refractivity contribution in [1.29, 1.82) is 0 Å². The van der Waals surface area contributed by atoms with Gasteiger partial charge >= 0.3 is 0 Å². The SMILES string of the molecule is CCCc1cc(-c2ccc(O)cc2)nn1-c1ccc(O)cc1. The molecule has 112 valence electrons. The van der Waals surface area contributed by atoms with Gasteiger partial charge in [0.25, 0.3) is 0 Å². The molecule has 3 rings (SSSR count). The molecule has 1 aromatic heterocycles. The Hall–Kier alpha value is -2.75. The van der Waals surface area contributed by atoms with Crippen LogP contribution in [0.5, 0.6) is 11.5 Å². The van der Waals surface area contributed by atoms with Gasteiger partial charge in [-0.15, -0.1) is 0 Å². The Balaban J connectivity index is 2.05. The summed E-state index contributed by atoms with van der Waals surface area (Å²) in [6.07, 6.45) is 1.95. The number of rotatable bonds is 4. The lowest BCUT2D eigenvalue weighted by molar-refractivity contribution is 0.474. The van der Waals surface area contributed by atoms with E-state index in [4.69, 9.17) is 0 Å². The maximum absolute atomic E-state index is 9.43. The van der Waals surface area contributed by atoms with Gasteiger partial charge in [0.1, 0.15) is 11.5 Å². The van der Waals surface area contributed by atoms with Crippen molar-refractivity contribution < 1.29 is 10.2 Å². The summed E-state index contributed by atoms with van der Waals surface area (Å²) in [7, 11) is 0. The number of hydrogen-bond donors (Lipinski definition) is 2. The van der Waals surface area contributed by atoms with Crippen LogP contribution in [-0.4, -0.2) is 20.0 Å². The molecule has 0 saturated carbocycles. The fourth-order valence-electron chi connectivity index (χ4n) is 2.44. The summed E-state index contributed by atoms with van der Waals surface area (Å²) in [6.45, 7) is 2.13. The van der Waals surface area contributed by atoms with Gasteiger partial charge in [0.05, 0.1) is 11.4 Å². The molecule has 0 spiro atoms. The number of aryl methyl sites for hydroxylation is 1. The van der Waals surface area contributed by atoms with E-state index in [0.717, 1.165) is 35.5 Å². The molecule has 2 aromatic carbocycles. The summed E-state index contributed by atoms with van der Waals surface area (Å²) in [6, 6.07) is 16.1. The number of phenolic OH excluding ortho intramolecular Hbond substituents is 2. The lowest BCUT2D eigenvalue weighted by Crippen LogP contribution is -2.01. The Morgan fingerprint density at radius 3 is 2.09 bits per heavy atom. The lowest BCUT2D eigenvalue weighted by atomic mass is 10.1. The number of aromatic nitrogens is 2. The molecule has 0 amide bonds. The first-order valence-corrected chi connectivity index (χ1v) is 7.35. The standard InChI is InChI=1S/C18H18N2O2/c1-2-3-15-12-18(13-4-8-16(21)9-5-13)19-20(15)14-6-10-17(22)11-7-14/h4-12,21-22H,2-3H2,1H3. The van der Waals surface area contributed by atoms with Crippen molar-refractivity contribution in [2.75, 3.05) is 0 Å². The fourth-order valence-corrected chi connectivity index (χ4v) is 2.44. The Morgan fingerprint density at radius 2 is 1.50 bits per heavy atom. The highest BCUT2D eigenvalue weighted by Gasteiger charge is 2.11. The molecular formula is C18H18N2O2. The lowest BCUT2D eigenvalue weighted by Gasteiger charge is -2.06. The second-order valence-corrected chi connectivity index (χ2v) is 5.25. The predicted molar refractivity (Wildman–Crippen MR) is 86.3 cm³/mol. The topological polar surface area (TPSA) is 58.3 Å². The second kappa shape index (κ2) is 5.93. The summed E-state index contributed by atoms with van der Waals surface area (Å²) < 4.78 is 1.91. The molecular weight excluding hydrogens is 276 g/mol. The van der Waals surface area contributed by atoms with Crippen LogP contribution in [0.1, 0.15) is 19.0 Å². The van der Waals surface area contributed by atoms with E-state index in [1.54, 1.807) is 24.3 Å². The first-order chi connectivity index (χ1) is 10.7. The van der Waals surface area contributed by atoms with Gasteiger partial charge in [-0.25, -0.2) is 4.68 Å². The van der Waals surface area contributed by atoms with Crippen molar-refractivity contribution in [3.8, 4) is 28.4 Å². The molecule has 0 saturated heterocycles. The number of nitrogens with zero attached hydrogens (tertiary/aromatic N) is 2. The minimum Gasteiger partial charge on any atom is -0.508 e. The van der Waals surface area contributed by atoms with Gasteiger partial charge in [0, 0.05) is 11.3 Å². The van der Waals surface area contributed by atoms with Gasteiger partial charge in [-0.1, -0.05) is 13.3 Å². The van der Waals surface area contributed by atoms with E-state index < -0.39 is 0 Å². The maximum Gasteiger partial charge on any atom is 0.115 e. The molecule has 4 nitrogen and oxygen atoms in total. The quantitative estimate of drug-likeness (QED) is 0.767. The zero-order valence-electron chi connectivity index (χ0n) is 12.4. The summed E-state index contributed by atoms with van der Waals surface area (Å²) in [4.78, 5) is 0. The van der Waals surface area contributed by atoms with Gasteiger partial charge in [-0.05, 0) is 61.0 Å². The highest BCUT2D eigenvalue weighted by atomic mass is 16.3. The molecule has 0 bridgehead atoms. The van der Waals surface area contributed by atoms with Crippen LogP contribution in [-0.2, 0) is 6.42 Å². The van der Waals surface area contributed by atoms with Gasteiger partial charge in [-0.2, -0.15) is 5.10 Å². The summed E-state index contributed by atoms with van der Waals surface area (Å²) in [5, 5.41) is 23.5. The third kappa shape index (κ3) is 2.81. The average Bonchev–Trinajstić information content (AvgIpc) is 2.93. The van der Waals surface area contributed by atoms with Gasteiger partial charge in [0.15, 0.2) is 0 Å². The molecule has 2 N–H and O–H groups in total. The third-order valence-electron chi connectivity index (χ3n) is 3.55. The van der Waals surface area contributed by atoms with Gasteiger partial charge < -0.3 is 10.2 Å². The van der Waals surface area contributed by atoms with Crippen LogP contribution in [0, 0.1) is 0 Å². The Morgan fingerprint density at radius 1 is 0.909 bits per heavy atom. The first kappa shape index (κ1) is 14.2. The monoisotopic (exact) mass is 294 g/mol. The fraction of sp³-hybridized carbons (Fsp3) is 0.167. The highest BCUT2D eigenvalue weighted by molar-refractivity contribution is 5.61. The molecule has 1 heterocycles. The van der Waals surface area contributed by atoms with E-state index in [1.165, 1.54) is 0 Å². The van der Waals surface area contributed by atoms with Crippen LogP contribution in [0.2, 0.25) is 0 Å². The van der Waals surface area contributed by atoms with E-state index in [9.17, 15) is 10.2 Å². The molecule has 4 heteroatoms. The Labute approximate surface area is 129 Å². The third-order valence-corrected chi connectivity index (χ3v) is 3.55. The van der Waals surface area contributed by atoms with Gasteiger partial charge in [0.2, 0.25) is 0 Å². The maximum atomic E-state index is 9.43. The van der Waals surface area contributed by atoms with E-state index in [1.807, 2.05) is 28.9 Å². The molecule has 3 aromatic rings. The zero-order chi connectivity index (χ0) is 15.5. The highest BCUT2D eigenvalue weighted by Crippen LogP contribution is 2.25. The number of hydrogen-bond acceptors (Lipinski definition) is 3. The summed E-state index contributed by atoms with van der Waals surface area (Å²) in [5.74, 6) is 0.488. The summed E-state index contributed by atoms with van der Waals surface area (Å²) in [5.41, 5.74) is 3.88. The molecule has 0 aliphatic heterocycles. The molecule has 0 fully saturated rings. The first-order valence-electron chi connectivity index (χ1n) is 7.35. The largest absolute Gasteiger partial charge is 0.508 e. The van der Waals surface area contributed by atoms with Crippen molar-refractivity contribution in [2.45, 2.75) is 19.8 Å². The predicted octanol–water partition coefficient (Wildman–Crippen LogP) is 3.90. The molecule has 0 aliphatic rings. The van der Waals surface area contributed by atoms with Crippen molar-refractivity contribution in [1.82, 2.24) is 9.78 Å². The van der Waals surface area contributed by atoms with Crippen LogP contribution in [0.4, 0.5) is 0 Å². The van der Waals surface area contributed by atoms with E-state index in [2.05, 4.69) is 18.1 Å². The Kier molecular flexibility index (Phi) is 3.83. The van der Waals surface area contributed by atoms with Crippen LogP contribution < -0.4 is 0 Å². The van der Waals surface area contributed by atoms with Crippen LogP contribution in [0.25, 0.3) is 16.9 Å². The van der Waals surface area contributed by atoms with Crippen LogP contribution in [0.3, 0.4) is 0 Å². The minimum atomic E-state index is 0.242. The van der Waals surface area contributed by atoms with E-state index >= 15 is 0 Å². The molecule has 0 aliphatic carbocycles. The van der Waals surface area contributed by atoms with E-state index in [-0.39, 0.29) is 11.5 Å². The number of benzene rings is 2. The van der Waals surface area contributed by atoms with Crippen molar-refractivity contribution in [3.05, 3.63) is 60.3 Å². The normalized spacial score (nSPS) is 10.8. The van der Waals surface area contributed by atoms with Crippen molar-refractivity contribution in [2.24, 2.45) is 0 Å². The van der Waals surface area contributed by atoms with Crippen LogP contribution in [0.15, 0.2) is 54.6 Å². The molecule has 0 unspecified atom stereocenters. The average molecular weight is 294 g/mol. The second-order valence-electron chi connectivity index (χ2n) is 5.25. The van der Waals surface area contributed by atoms with Gasteiger partial charge in [-0.3, -0.25) is 0 Å². The molecule has 22 heavy (non-hydrogen) atoms. The zero-order valence-corrected chi connectivity index (χ0v) is 12.4. The van der Waals surface area contributed by atoms with E-state index in [0.29, 0.717) is 0 Å². The molecule has 0 atom stereocenters. The molecule has 0 radical (unpaired) electrons. The smallest absolute Gasteiger partial charge is 0.115 e. The Bertz CT molecular complexity index is 759. The summed E-state index contributed by atoms with van der Waals surface area (Å²) >= 11 is 0. The van der Waals surface area contributed by atoms with Crippen LogP contribution >= 0.6 is 0 Å². The number of aromatic hydroxyl groups is 2. The van der Waals surface area contributed by atoms with Crippen molar-refractivity contribution in [3.63, 3.8) is 0 Å².